The zero-order valence-electron chi connectivity index (χ0n) is 25.6. The van der Waals surface area contributed by atoms with Gasteiger partial charge in [0.15, 0.2) is 0 Å². The quantitative estimate of drug-likeness (QED) is 0.483. The molecule has 0 unspecified atom stereocenters. The molecule has 2 saturated heterocycles. The van der Waals surface area contributed by atoms with Crippen molar-refractivity contribution in [1.82, 2.24) is 15.1 Å². The third kappa shape index (κ3) is 5.37. The fraction of sp³-hybridized carbons (Fsp3) is 0.600. The maximum absolute atomic E-state index is 13.2. The highest BCUT2D eigenvalue weighted by molar-refractivity contribution is 5.80. The molecule has 1 N–H and O–H groups in total. The summed E-state index contributed by atoms with van der Waals surface area (Å²) in [5, 5.41) is 5.08. The number of urea groups is 1. The predicted octanol–water partition coefficient (Wildman–Crippen LogP) is 5.74. The summed E-state index contributed by atoms with van der Waals surface area (Å²) in [5.74, 6) is 3.46. The Balaban J connectivity index is 0.889. The minimum Gasteiger partial charge on any atom is -0.378 e. The van der Waals surface area contributed by atoms with Gasteiger partial charge in [-0.1, -0.05) is 24.3 Å². The number of nitrogens with one attached hydrogen (secondary N) is 1. The molecule has 234 valence electrons. The lowest BCUT2D eigenvalue weighted by atomic mass is 9.54. The van der Waals surface area contributed by atoms with Crippen molar-refractivity contribution in [3.05, 3.63) is 54.1 Å². The summed E-state index contributed by atoms with van der Waals surface area (Å²) in [6, 6.07) is 17.6. The van der Waals surface area contributed by atoms with Crippen LogP contribution in [0, 0.1) is 23.7 Å². The molecule has 3 amide bonds. The number of benzene rings is 2. The van der Waals surface area contributed by atoms with Crippen molar-refractivity contribution in [2.24, 2.45) is 23.7 Å². The van der Waals surface area contributed by atoms with Gasteiger partial charge in [0.25, 0.3) is 0 Å². The molecule has 9 heteroatoms. The van der Waals surface area contributed by atoms with E-state index in [-0.39, 0.29) is 18.2 Å². The number of rotatable bonds is 4. The Morgan fingerprint density at radius 3 is 2.05 bits per heavy atom. The molecule has 2 aromatic rings. The summed E-state index contributed by atoms with van der Waals surface area (Å²) in [7, 11) is 0. The lowest BCUT2D eigenvalue weighted by molar-refractivity contribution is -0.0142. The van der Waals surface area contributed by atoms with Crippen molar-refractivity contribution in [3.8, 4) is 0 Å². The second-order valence-electron chi connectivity index (χ2n) is 14.0. The van der Waals surface area contributed by atoms with Crippen LogP contribution in [-0.4, -0.2) is 80.4 Å². The molecule has 6 fully saturated rings. The van der Waals surface area contributed by atoms with Gasteiger partial charge in [-0.2, -0.15) is 0 Å². The van der Waals surface area contributed by atoms with Gasteiger partial charge in [0.05, 0.1) is 31.1 Å². The van der Waals surface area contributed by atoms with E-state index in [9.17, 15) is 9.59 Å². The summed E-state index contributed by atoms with van der Waals surface area (Å²) in [6.45, 7) is 5.59. The molecule has 4 aliphatic carbocycles. The summed E-state index contributed by atoms with van der Waals surface area (Å²) in [6.07, 6.45) is 8.15. The summed E-state index contributed by atoms with van der Waals surface area (Å²) in [4.78, 5) is 38.3. The van der Waals surface area contributed by atoms with Gasteiger partial charge in [0.2, 0.25) is 0 Å². The van der Waals surface area contributed by atoms with Gasteiger partial charge in [0.1, 0.15) is 0 Å². The Hall–Kier alpha value is -3.46. The smallest absolute Gasteiger partial charge is 0.378 e. The largest absolute Gasteiger partial charge is 0.431 e. The van der Waals surface area contributed by atoms with E-state index >= 15 is 0 Å². The van der Waals surface area contributed by atoms with Crippen molar-refractivity contribution >= 4 is 29.2 Å². The lowest BCUT2D eigenvalue weighted by Crippen LogP contribution is -2.56. The Morgan fingerprint density at radius 2 is 1.36 bits per heavy atom. The zero-order valence-corrected chi connectivity index (χ0v) is 25.6. The molecule has 4 bridgehead atoms. The van der Waals surface area contributed by atoms with Crippen LogP contribution in [0.4, 0.5) is 26.7 Å². The van der Waals surface area contributed by atoms with E-state index in [4.69, 9.17) is 9.57 Å². The van der Waals surface area contributed by atoms with Gasteiger partial charge >= 0.3 is 12.1 Å². The number of carbonyl (C=O) groups is 2. The number of piperidine rings is 1. The first-order valence-corrected chi connectivity index (χ1v) is 16.9. The molecule has 4 saturated carbocycles. The van der Waals surface area contributed by atoms with Crippen molar-refractivity contribution < 1.29 is 19.2 Å². The second kappa shape index (κ2) is 11.8. The molecule has 0 radical (unpaired) electrons. The number of fused-ring (bicyclic) bond motifs is 1. The average Bonchev–Trinajstić information content (AvgIpc) is 3.06. The lowest BCUT2D eigenvalue weighted by Gasteiger charge is -2.54. The van der Waals surface area contributed by atoms with Gasteiger partial charge in [-0.15, -0.1) is 0 Å². The van der Waals surface area contributed by atoms with E-state index in [2.05, 4.69) is 40.5 Å². The number of ether oxygens (including phenoxy) is 1. The van der Waals surface area contributed by atoms with Crippen LogP contribution in [0.25, 0.3) is 0 Å². The fourth-order valence-corrected chi connectivity index (χ4v) is 9.41. The first-order chi connectivity index (χ1) is 21.6. The Bertz CT molecular complexity index is 1330. The zero-order chi connectivity index (χ0) is 29.6. The number of likely N-dealkylation sites (tertiary alicyclic amines) is 1. The van der Waals surface area contributed by atoms with Gasteiger partial charge < -0.3 is 29.6 Å². The van der Waals surface area contributed by atoms with Gasteiger partial charge in [-0.25, -0.2) is 14.7 Å². The first kappa shape index (κ1) is 28.0. The Labute approximate surface area is 260 Å². The second-order valence-corrected chi connectivity index (χ2v) is 14.0. The maximum Gasteiger partial charge on any atom is 0.431 e. The monoisotopic (exact) mass is 599 g/mol. The predicted molar refractivity (Wildman–Crippen MR) is 169 cm³/mol. The molecule has 7 aliphatic rings. The van der Waals surface area contributed by atoms with Crippen molar-refractivity contribution in [1.29, 1.82) is 0 Å². The summed E-state index contributed by atoms with van der Waals surface area (Å²) < 4.78 is 5.41. The number of anilines is 3. The van der Waals surface area contributed by atoms with Crippen LogP contribution in [0.3, 0.4) is 0 Å². The van der Waals surface area contributed by atoms with Crippen LogP contribution in [0.2, 0.25) is 0 Å². The standard InChI is InChI=1S/C35H45N5O4/c41-34(36-33-28-20-24-19-25(22-28)23-29(33)21-24)44-40-14-13-39(31-3-1-2-4-32(31)40)30-7-5-26(6-8-30)27-9-11-37(12-10-27)35(42)38-15-17-43-18-16-38/h1-8,24-25,27-29,33H,9-23H2,(H,36,41). The molecule has 2 aromatic carbocycles. The minimum atomic E-state index is -0.312. The molecule has 0 aromatic heterocycles. The average molecular weight is 600 g/mol. The van der Waals surface area contributed by atoms with Crippen LogP contribution in [0.1, 0.15) is 56.4 Å². The van der Waals surface area contributed by atoms with Gasteiger partial charge in [-0.3, -0.25) is 0 Å². The van der Waals surface area contributed by atoms with E-state index in [1.54, 1.807) is 5.06 Å². The number of para-hydroxylation sites is 2. The van der Waals surface area contributed by atoms with Crippen LogP contribution >= 0.6 is 0 Å². The maximum atomic E-state index is 13.2. The van der Waals surface area contributed by atoms with Crippen LogP contribution in [0.5, 0.6) is 0 Å². The Kier molecular flexibility index (Phi) is 7.52. The highest BCUT2D eigenvalue weighted by Crippen LogP contribution is 2.53. The van der Waals surface area contributed by atoms with Crippen LogP contribution < -0.4 is 15.3 Å². The topological polar surface area (TPSA) is 77.6 Å². The molecule has 44 heavy (non-hydrogen) atoms. The van der Waals surface area contributed by atoms with E-state index in [1.807, 2.05) is 28.0 Å². The van der Waals surface area contributed by atoms with Crippen molar-refractivity contribution in [2.75, 3.05) is 62.4 Å². The third-order valence-electron chi connectivity index (χ3n) is 11.4. The van der Waals surface area contributed by atoms with E-state index in [1.165, 1.54) is 37.7 Å². The number of hydrogen-bond donors (Lipinski definition) is 1. The highest BCUT2D eigenvalue weighted by Gasteiger charge is 2.49. The molecule has 0 atom stereocenters. The van der Waals surface area contributed by atoms with Crippen LogP contribution in [-0.2, 0) is 9.57 Å². The molecule has 3 heterocycles. The first-order valence-electron chi connectivity index (χ1n) is 16.9. The molecular formula is C35H45N5O4. The van der Waals surface area contributed by atoms with Gasteiger partial charge in [-0.05, 0) is 104 Å². The normalized spacial score (nSPS) is 29.9. The Morgan fingerprint density at radius 1 is 0.727 bits per heavy atom. The van der Waals surface area contributed by atoms with Crippen LogP contribution in [0.15, 0.2) is 48.5 Å². The summed E-state index contributed by atoms with van der Waals surface area (Å²) >= 11 is 0. The molecular weight excluding hydrogens is 554 g/mol. The van der Waals surface area contributed by atoms with E-state index < -0.39 is 0 Å². The number of hydroxylamine groups is 1. The van der Waals surface area contributed by atoms with E-state index in [0.717, 1.165) is 61.4 Å². The number of hydrogen-bond acceptors (Lipinski definition) is 6. The molecule has 0 spiro atoms. The van der Waals surface area contributed by atoms with Crippen molar-refractivity contribution in [3.63, 3.8) is 0 Å². The number of nitrogens with zero attached hydrogens (tertiary/aromatic N) is 4. The highest BCUT2D eigenvalue weighted by atomic mass is 16.7. The van der Waals surface area contributed by atoms with Gasteiger partial charge in [0, 0.05) is 44.5 Å². The summed E-state index contributed by atoms with van der Waals surface area (Å²) in [5.41, 5.74) is 4.44. The molecule has 3 aliphatic heterocycles. The number of morpholine rings is 1. The fourth-order valence-electron chi connectivity index (χ4n) is 9.41. The number of carbonyl (C=O) groups excluding carboxylic acids is 2. The SMILES string of the molecule is O=C(NC1C2CC3CC(C2)CC1C3)ON1CCN(c2ccc(C3CCN(C(=O)N4CCOCC4)CC3)cc2)c2ccccc21. The minimum absolute atomic E-state index is 0.161. The third-order valence-corrected chi connectivity index (χ3v) is 11.4. The molecule has 9 rings (SSSR count). The molecule has 9 nitrogen and oxygen atoms in total. The van der Waals surface area contributed by atoms with Crippen molar-refractivity contribution in [2.45, 2.75) is 56.9 Å². The van der Waals surface area contributed by atoms with E-state index in [0.29, 0.717) is 50.6 Å². The number of amides is 3.